The molecule has 0 radical (unpaired) electrons. The fraction of sp³-hybridized carbons (Fsp3) is 0.800. The van der Waals surface area contributed by atoms with Gasteiger partial charge in [0.15, 0.2) is 11.9 Å². The molecule has 3 aliphatic carbocycles. The van der Waals surface area contributed by atoms with E-state index in [0.717, 1.165) is 0 Å². The summed E-state index contributed by atoms with van der Waals surface area (Å²) in [6.45, 7) is 6.83. The number of carbonyl (C=O) groups is 2. The molecule has 5 aliphatic rings. The van der Waals surface area contributed by atoms with Crippen LogP contribution < -0.4 is 0 Å². The molecule has 9 heteroatoms. The highest BCUT2D eigenvalue weighted by Gasteiger charge is 2.87. The van der Waals surface area contributed by atoms with Crippen molar-refractivity contribution in [1.82, 2.24) is 0 Å². The van der Waals surface area contributed by atoms with Crippen LogP contribution in [0.15, 0.2) is 12.2 Å². The molecular weight excluding hydrogens is 384 g/mol. The van der Waals surface area contributed by atoms with Gasteiger partial charge in [-0.15, -0.1) is 0 Å². The standard InChI is InChI=1S/C20H26O9/c1-7-4-10(21)13(23)17(3)9(7)5-11-18-6-28-20(27,16(17)18)12(22)8(2)19(18,26)14(24)15(25)29-11/h7,9,11-14,16,22-24,26-27H,2,4-6H2,1,3H3/t7-,9+,11-,12-,13-,14+,16-,17-,18-,19+,20+/m1/s1. The molecular formula is C20H26O9. The van der Waals surface area contributed by atoms with Crippen molar-refractivity contribution in [2.24, 2.45) is 28.6 Å². The minimum Gasteiger partial charge on any atom is -0.460 e. The normalized spacial score (nSPS) is 61.1. The summed E-state index contributed by atoms with van der Waals surface area (Å²) >= 11 is 0. The molecule has 11 atom stereocenters. The predicted octanol–water partition coefficient (Wildman–Crippen LogP) is -1.75. The Hall–Kier alpha value is -1.36. The van der Waals surface area contributed by atoms with Crippen LogP contribution in [0, 0.1) is 28.6 Å². The van der Waals surface area contributed by atoms with E-state index in [1.54, 1.807) is 6.92 Å². The molecule has 0 unspecified atom stereocenters. The third kappa shape index (κ3) is 1.73. The van der Waals surface area contributed by atoms with Gasteiger partial charge in [0.25, 0.3) is 0 Å². The Bertz CT molecular complexity index is 842. The Morgan fingerprint density at radius 1 is 1.10 bits per heavy atom. The van der Waals surface area contributed by atoms with Gasteiger partial charge in [0, 0.05) is 17.8 Å². The molecule has 5 fully saturated rings. The summed E-state index contributed by atoms with van der Waals surface area (Å²) in [6, 6.07) is 0. The second kappa shape index (κ2) is 5.27. The third-order valence-corrected chi connectivity index (χ3v) is 8.84. The topological polar surface area (TPSA) is 154 Å². The van der Waals surface area contributed by atoms with Gasteiger partial charge in [-0.05, 0) is 23.8 Å². The smallest absolute Gasteiger partial charge is 0.338 e. The Balaban J connectivity index is 1.83. The number of ether oxygens (including phenoxy) is 2. The Kier molecular flexibility index (Phi) is 3.56. The lowest BCUT2D eigenvalue weighted by molar-refractivity contribution is -0.344. The van der Waals surface area contributed by atoms with Crippen molar-refractivity contribution in [3.8, 4) is 0 Å². The molecule has 160 valence electrons. The molecule has 2 saturated heterocycles. The summed E-state index contributed by atoms with van der Waals surface area (Å²) in [5, 5.41) is 55.8. The maximum Gasteiger partial charge on any atom is 0.338 e. The molecule has 0 amide bonds. The van der Waals surface area contributed by atoms with Crippen molar-refractivity contribution in [2.45, 2.75) is 62.5 Å². The Labute approximate surface area is 166 Å². The summed E-state index contributed by atoms with van der Waals surface area (Å²) in [6.07, 6.45) is -5.98. The van der Waals surface area contributed by atoms with Gasteiger partial charge in [-0.3, -0.25) is 4.79 Å². The maximum atomic E-state index is 12.6. The molecule has 9 nitrogen and oxygen atoms in total. The summed E-state index contributed by atoms with van der Waals surface area (Å²) in [5.74, 6) is -5.46. The van der Waals surface area contributed by atoms with E-state index in [1.165, 1.54) is 0 Å². The summed E-state index contributed by atoms with van der Waals surface area (Å²) in [7, 11) is 0. The van der Waals surface area contributed by atoms with Gasteiger partial charge in [-0.25, -0.2) is 4.79 Å². The van der Waals surface area contributed by atoms with Gasteiger partial charge in [-0.2, -0.15) is 0 Å². The molecule has 3 saturated carbocycles. The van der Waals surface area contributed by atoms with E-state index in [9.17, 15) is 35.1 Å². The maximum absolute atomic E-state index is 12.6. The van der Waals surface area contributed by atoms with Crippen LogP contribution in [0.4, 0.5) is 0 Å². The lowest BCUT2D eigenvalue weighted by atomic mass is 9.36. The zero-order valence-corrected chi connectivity index (χ0v) is 16.2. The first-order valence-corrected chi connectivity index (χ1v) is 9.93. The van der Waals surface area contributed by atoms with Gasteiger partial charge in [0.1, 0.15) is 23.9 Å². The van der Waals surface area contributed by atoms with Crippen LogP contribution >= 0.6 is 0 Å². The molecule has 0 aromatic carbocycles. The van der Waals surface area contributed by atoms with Gasteiger partial charge < -0.3 is 35.0 Å². The number of fused-ring (bicyclic) bond motifs is 1. The van der Waals surface area contributed by atoms with Crippen LogP contribution in [-0.2, 0) is 19.1 Å². The molecule has 2 heterocycles. The van der Waals surface area contributed by atoms with Crippen molar-refractivity contribution < 1.29 is 44.6 Å². The average Bonchev–Trinajstić information content (AvgIpc) is 2.98. The summed E-state index contributed by atoms with van der Waals surface area (Å²) < 4.78 is 11.2. The molecule has 5 N–H and O–H groups in total. The van der Waals surface area contributed by atoms with Crippen LogP contribution in [0.5, 0.6) is 0 Å². The Morgan fingerprint density at radius 3 is 2.41 bits per heavy atom. The highest BCUT2D eigenvalue weighted by molar-refractivity contribution is 5.85. The van der Waals surface area contributed by atoms with Crippen molar-refractivity contribution in [3.63, 3.8) is 0 Å². The van der Waals surface area contributed by atoms with Crippen molar-refractivity contribution in [3.05, 3.63) is 12.2 Å². The lowest BCUT2D eigenvalue weighted by Crippen LogP contribution is -2.83. The number of aliphatic hydroxyl groups excluding tert-OH is 3. The highest BCUT2D eigenvalue weighted by Crippen LogP contribution is 2.74. The Morgan fingerprint density at radius 2 is 1.76 bits per heavy atom. The molecule has 2 aliphatic heterocycles. The second-order valence-corrected chi connectivity index (χ2v) is 9.79. The molecule has 5 rings (SSSR count). The zero-order valence-electron chi connectivity index (χ0n) is 16.2. The van der Waals surface area contributed by atoms with Crippen LogP contribution in [0.3, 0.4) is 0 Å². The number of ketones is 1. The predicted molar refractivity (Wildman–Crippen MR) is 93.8 cm³/mol. The van der Waals surface area contributed by atoms with Crippen LogP contribution in [0.2, 0.25) is 0 Å². The van der Waals surface area contributed by atoms with E-state index >= 15 is 0 Å². The average molecular weight is 410 g/mol. The number of esters is 1. The molecule has 1 spiro atoms. The lowest BCUT2D eigenvalue weighted by Gasteiger charge is -2.70. The van der Waals surface area contributed by atoms with E-state index < -0.39 is 64.3 Å². The SMILES string of the molecule is C=C1[C@@H](O)[C@]2(O)OC[C@]34[C@H]2[C@@]2(C)[C@H](O)C(=O)C[C@@H](C)[C@@H]2C[C@H]3OC(=O)[C@H](O)[C@@]14O. The first kappa shape index (κ1) is 19.6. The van der Waals surface area contributed by atoms with E-state index in [4.69, 9.17) is 9.47 Å². The number of hydrogen-bond acceptors (Lipinski definition) is 9. The first-order chi connectivity index (χ1) is 13.4. The summed E-state index contributed by atoms with van der Waals surface area (Å²) in [5.41, 5.74) is -5.56. The number of aliphatic hydroxyl groups is 5. The molecule has 0 aromatic heterocycles. The van der Waals surface area contributed by atoms with E-state index in [0.29, 0.717) is 0 Å². The van der Waals surface area contributed by atoms with Crippen LogP contribution in [0.25, 0.3) is 0 Å². The van der Waals surface area contributed by atoms with Gasteiger partial charge in [0.05, 0.1) is 12.0 Å². The van der Waals surface area contributed by atoms with Gasteiger partial charge in [-0.1, -0.05) is 20.4 Å². The number of carbonyl (C=O) groups excluding carboxylic acids is 2. The largest absolute Gasteiger partial charge is 0.460 e. The molecule has 2 bridgehead atoms. The number of Topliss-reactive ketones (excluding diaryl/α,β-unsaturated/α-hetero) is 1. The fourth-order valence-corrected chi connectivity index (χ4v) is 7.61. The van der Waals surface area contributed by atoms with E-state index in [2.05, 4.69) is 6.58 Å². The molecule has 29 heavy (non-hydrogen) atoms. The van der Waals surface area contributed by atoms with Crippen LogP contribution in [0.1, 0.15) is 26.7 Å². The van der Waals surface area contributed by atoms with Crippen LogP contribution in [-0.4, -0.2) is 79.7 Å². The summed E-state index contributed by atoms with van der Waals surface area (Å²) in [4.78, 5) is 25.0. The van der Waals surface area contributed by atoms with Crippen molar-refractivity contribution >= 4 is 11.8 Å². The minimum absolute atomic E-state index is 0.128. The van der Waals surface area contributed by atoms with E-state index in [1.807, 2.05) is 6.92 Å². The molecule has 0 aromatic rings. The van der Waals surface area contributed by atoms with E-state index in [-0.39, 0.29) is 36.9 Å². The number of rotatable bonds is 0. The monoisotopic (exact) mass is 410 g/mol. The highest BCUT2D eigenvalue weighted by atomic mass is 16.7. The van der Waals surface area contributed by atoms with Crippen molar-refractivity contribution in [2.75, 3.05) is 6.61 Å². The zero-order chi connectivity index (χ0) is 21.3. The second-order valence-electron chi connectivity index (χ2n) is 9.79. The first-order valence-electron chi connectivity index (χ1n) is 9.93. The minimum atomic E-state index is -2.35. The van der Waals surface area contributed by atoms with Gasteiger partial charge >= 0.3 is 5.97 Å². The quantitative estimate of drug-likeness (QED) is 0.231. The van der Waals surface area contributed by atoms with Gasteiger partial charge in [0.2, 0.25) is 5.79 Å². The third-order valence-electron chi connectivity index (χ3n) is 8.84. The number of hydrogen-bond donors (Lipinski definition) is 5. The van der Waals surface area contributed by atoms with Crippen molar-refractivity contribution in [1.29, 1.82) is 0 Å². The fourth-order valence-electron chi connectivity index (χ4n) is 7.61.